The molecule has 0 unspecified atom stereocenters. The molecule has 5 heteroatoms. The van der Waals surface area contributed by atoms with Gasteiger partial charge in [0, 0.05) is 17.3 Å². The van der Waals surface area contributed by atoms with Gasteiger partial charge in [0.25, 0.3) is 6.43 Å². The van der Waals surface area contributed by atoms with Crippen LogP contribution < -0.4 is 0 Å². The Balaban J connectivity index is 3.17. The van der Waals surface area contributed by atoms with Gasteiger partial charge in [-0.25, -0.2) is 8.78 Å². The molecule has 0 bridgehead atoms. The van der Waals surface area contributed by atoms with Crippen LogP contribution in [0.15, 0.2) is 12.3 Å². The van der Waals surface area contributed by atoms with Crippen LogP contribution in [0, 0.1) is 0 Å². The Labute approximate surface area is 78.5 Å². The van der Waals surface area contributed by atoms with E-state index >= 15 is 0 Å². The number of rotatable bonds is 3. The number of halogens is 3. The van der Waals surface area contributed by atoms with Crippen molar-refractivity contribution in [1.29, 1.82) is 0 Å². The molecule has 0 atom stereocenters. The van der Waals surface area contributed by atoms with Gasteiger partial charge in [-0.1, -0.05) is 0 Å². The Morgan fingerprint density at radius 2 is 2.31 bits per heavy atom. The van der Waals surface area contributed by atoms with Crippen molar-refractivity contribution in [3.63, 3.8) is 0 Å². The van der Waals surface area contributed by atoms with Crippen molar-refractivity contribution in [2.75, 3.05) is 0 Å². The van der Waals surface area contributed by atoms with Gasteiger partial charge in [0.1, 0.15) is 0 Å². The summed E-state index contributed by atoms with van der Waals surface area (Å²) in [6.07, 6.45) is -0.964. The molecule has 0 N–H and O–H groups in total. The van der Waals surface area contributed by atoms with Crippen LogP contribution in [0.3, 0.4) is 0 Å². The average Bonchev–Trinajstić information content (AvgIpc) is 2.16. The van der Waals surface area contributed by atoms with Gasteiger partial charge >= 0.3 is 0 Å². The average molecular weight is 206 g/mol. The fourth-order valence-electron chi connectivity index (χ4n) is 0.892. The monoisotopic (exact) mass is 205 g/mol. The summed E-state index contributed by atoms with van der Waals surface area (Å²) in [6, 6.07) is 1.10. The fraction of sp³-hybridized carbons (Fsp3) is 0.250. The van der Waals surface area contributed by atoms with E-state index in [0.29, 0.717) is 6.29 Å². The number of hydrogen-bond donors (Lipinski definition) is 0. The predicted octanol–water partition coefficient (Wildman–Crippen LogP) is 2.57. The molecular formula is C8H6ClF2NO. The minimum Gasteiger partial charge on any atom is -0.298 e. The molecule has 1 heterocycles. The van der Waals surface area contributed by atoms with Crippen molar-refractivity contribution >= 4 is 17.9 Å². The number of carbonyl (C=O) groups excluding carboxylic acids is 1. The number of nitrogens with zero attached hydrogens (tertiary/aromatic N) is 1. The summed E-state index contributed by atoms with van der Waals surface area (Å²) in [6.45, 7) is 0. The molecule has 0 aromatic carbocycles. The summed E-state index contributed by atoms with van der Waals surface area (Å²) in [7, 11) is 0. The second-order valence-corrected chi connectivity index (χ2v) is 2.62. The SMILES string of the molecule is O=Cc1cnc(CCl)c(C(F)F)c1. The molecule has 1 aromatic heterocycles. The minimum atomic E-state index is -2.65. The molecule has 0 fully saturated rings. The number of alkyl halides is 3. The van der Waals surface area contributed by atoms with Gasteiger partial charge in [-0.05, 0) is 6.07 Å². The summed E-state index contributed by atoms with van der Waals surface area (Å²) >= 11 is 5.39. The highest BCUT2D eigenvalue weighted by atomic mass is 35.5. The van der Waals surface area contributed by atoms with Crippen LogP contribution in [0.1, 0.15) is 28.0 Å². The quantitative estimate of drug-likeness (QED) is 0.561. The van der Waals surface area contributed by atoms with E-state index in [1.54, 1.807) is 0 Å². The van der Waals surface area contributed by atoms with E-state index in [2.05, 4.69) is 4.98 Å². The second kappa shape index (κ2) is 4.28. The zero-order valence-corrected chi connectivity index (χ0v) is 7.26. The first-order valence-electron chi connectivity index (χ1n) is 3.47. The maximum Gasteiger partial charge on any atom is 0.265 e. The van der Waals surface area contributed by atoms with Crippen molar-refractivity contribution in [3.8, 4) is 0 Å². The molecule has 1 aromatic rings. The molecule has 0 aliphatic rings. The summed E-state index contributed by atoms with van der Waals surface area (Å²) in [4.78, 5) is 13.9. The van der Waals surface area contributed by atoms with Gasteiger partial charge in [0.2, 0.25) is 0 Å². The smallest absolute Gasteiger partial charge is 0.265 e. The van der Waals surface area contributed by atoms with Crippen molar-refractivity contribution in [1.82, 2.24) is 4.98 Å². The first kappa shape index (κ1) is 10.1. The maximum absolute atomic E-state index is 12.3. The van der Waals surface area contributed by atoms with E-state index in [9.17, 15) is 13.6 Å². The highest BCUT2D eigenvalue weighted by molar-refractivity contribution is 6.17. The third kappa shape index (κ3) is 2.21. The molecule has 0 radical (unpaired) electrons. The van der Waals surface area contributed by atoms with Gasteiger partial charge in [0.05, 0.1) is 11.6 Å². The van der Waals surface area contributed by atoms with E-state index in [1.807, 2.05) is 0 Å². The van der Waals surface area contributed by atoms with E-state index in [-0.39, 0.29) is 22.7 Å². The molecule has 0 saturated carbocycles. The maximum atomic E-state index is 12.3. The molecule has 0 aliphatic heterocycles. The molecule has 0 saturated heterocycles. The number of aromatic nitrogens is 1. The number of hydrogen-bond acceptors (Lipinski definition) is 2. The Morgan fingerprint density at radius 1 is 1.62 bits per heavy atom. The summed E-state index contributed by atoms with van der Waals surface area (Å²) in [5.74, 6) is -0.0845. The lowest BCUT2D eigenvalue weighted by molar-refractivity contribution is 0.112. The Bertz CT molecular complexity index is 317. The lowest BCUT2D eigenvalue weighted by Crippen LogP contribution is -1.98. The van der Waals surface area contributed by atoms with Crippen LogP contribution in [-0.4, -0.2) is 11.3 Å². The number of aldehydes is 1. The summed E-state index contributed by atoms with van der Waals surface area (Å²) in [5.41, 5.74) is -0.0361. The Kier molecular flexibility index (Phi) is 3.31. The third-order valence-corrected chi connectivity index (χ3v) is 1.78. The van der Waals surface area contributed by atoms with Crippen LogP contribution in [0.4, 0.5) is 8.78 Å². The van der Waals surface area contributed by atoms with Crippen molar-refractivity contribution < 1.29 is 13.6 Å². The molecule has 70 valence electrons. The zero-order chi connectivity index (χ0) is 9.84. The van der Waals surface area contributed by atoms with Gasteiger partial charge in [-0.2, -0.15) is 0 Å². The zero-order valence-electron chi connectivity index (χ0n) is 6.51. The topological polar surface area (TPSA) is 30.0 Å². The Morgan fingerprint density at radius 3 is 2.77 bits per heavy atom. The molecule has 1 rings (SSSR count). The van der Waals surface area contributed by atoms with Crippen LogP contribution in [0.2, 0.25) is 0 Å². The lowest BCUT2D eigenvalue weighted by Gasteiger charge is -2.04. The lowest BCUT2D eigenvalue weighted by atomic mass is 10.1. The predicted molar refractivity (Wildman–Crippen MR) is 44.1 cm³/mol. The first-order chi connectivity index (χ1) is 6.19. The third-order valence-electron chi connectivity index (χ3n) is 1.52. The second-order valence-electron chi connectivity index (χ2n) is 2.36. The van der Waals surface area contributed by atoms with E-state index in [0.717, 1.165) is 6.07 Å². The van der Waals surface area contributed by atoms with Crippen molar-refractivity contribution in [2.45, 2.75) is 12.3 Å². The largest absolute Gasteiger partial charge is 0.298 e. The van der Waals surface area contributed by atoms with Gasteiger partial charge in [-0.15, -0.1) is 11.6 Å². The van der Waals surface area contributed by atoms with Crippen molar-refractivity contribution in [3.05, 3.63) is 29.1 Å². The first-order valence-corrected chi connectivity index (χ1v) is 4.00. The van der Waals surface area contributed by atoms with Gasteiger partial charge in [-0.3, -0.25) is 9.78 Å². The van der Waals surface area contributed by atoms with E-state index in [1.165, 1.54) is 6.20 Å². The highest BCUT2D eigenvalue weighted by Gasteiger charge is 2.13. The summed E-state index contributed by atoms with van der Waals surface area (Å²) < 4.78 is 24.6. The Hall–Kier alpha value is -1.03. The van der Waals surface area contributed by atoms with Crippen LogP contribution in [-0.2, 0) is 5.88 Å². The molecule has 13 heavy (non-hydrogen) atoms. The summed E-state index contributed by atoms with van der Waals surface area (Å²) in [5, 5.41) is 0. The number of pyridine rings is 1. The van der Waals surface area contributed by atoms with E-state index < -0.39 is 6.43 Å². The van der Waals surface area contributed by atoms with Crippen LogP contribution in [0.5, 0.6) is 0 Å². The highest BCUT2D eigenvalue weighted by Crippen LogP contribution is 2.23. The fourth-order valence-corrected chi connectivity index (χ4v) is 1.12. The van der Waals surface area contributed by atoms with E-state index in [4.69, 9.17) is 11.6 Å². The number of carbonyl (C=O) groups is 1. The molecule has 0 amide bonds. The van der Waals surface area contributed by atoms with Crippen molar-refractivity contribution in [2.24, 2.45) is 0 Å². The molecule has 2 nitrogen and oxygen atoms in total. The van der Waals surface area contributed by atoms with Crippen LogP contribution in [0.25, 0.3) is 0 Å². The van der Waals surface area contributed by atoms with Gasteiger partial charge < -0.3 is 0 Å². The minimum absolute atomic E-state index is 0.0845. The molecular weight excluding hydrogens is 200 g/mol. The normalized spacial score (nSPS) is 10.5. The molecule has 0 aliphatic carbocycles. The van der Waals surface area contributed by atoms with Gasteiger partial charge in [0.15, 0.2) is 6.29 Å². The molecule has 0 spiro atoms. The van der Waals surface area contributed by atoms with Crippen LogP contribution >= 0.6 is 11.6 Å². The standard InChI is InChI=1S/C8H6ClF2NO/c9-2-7-6(8(10)11)1-5(4-13)3-12-7/h1,3-4,8H,2H2.